The molecule has 0 saturated carbocycles. The van der Waals surface area contributed by atoms with E-state index in [-0.39, 0.29) is 5.56 Å². The molecule has 0 saturated heterocycles. The van der Waals surface area contributed by atoms with Gasteiger partial charge in [-0.15, -0.1) is 13.2 Å². The summed E-state index contributed by atoms with van der Waals surface area (Å²) in [6.07, 6.45) is -4.76. The summed E-state index contributed by atoms with van der Waals surface area (Å²) in [5.41, 5.74) is -0.0722. The van der Waals surface area contributed by atoms with Gasteiger partial charge in [-0.05, 0) is 0 Å². The molecular weight excluding hydrogens is 259 g/mol. The summed E-state index contributed by atoms with van der Waals surface area (Å²) in [6, 6.07) is 0. The second kappa shape index (κ2) is 4.98. The van der Waals surface area contributed by atoms with Gasteiger partial charge in [-0.25, -0.2) is 4.98 Å². The molecule has 0 spiro atoms. The van der Waals surface area contributed by atoms with Crippen LogP contribution in [-0.2, 0) is 11.2 Å². The second-order valence-corrected chi connectivity index (χ2v) is 3.09. The van der Waals surface area contributed by atoms with Crippen LogP contribution in [0.2, 0.25) is 0 Å². The number of methoxy groups -OCH3 is 1. The van der Waals surface area contributed by atoms with Crippen LogP contribution in [0.4, 0.5) is 13.2 Å². The van der Waals surface area contributed by atoms with Gasteiger partial charge in [-0.1, -0.05) is 0 Å². The Balaban J connectivity index is 3.15. The number of ether oxygens (including phenoxy) is 2. The molecule has 9 heteroatoms. The average Bonchev–Trinajstić information content (AvgIpc) is 2.20. The summed E-state index contributed by atoms with van der Waals surface area (Å²) < 4.78 is 44.0. The van der Waals surface area contributed by atoms with E-state index in [4.69, 9.17) is 5.11 Å². The minimum Gasteiger partial charge on any atom is -0.501 e. The van der Waals surface area contributed by atoms with E-state index in [0.29, 0.717) is 0 Å². The van der Waals surface area contributed by atoms with Gasteiger partial charge in [0, 0.05) is 11.8 Å². The summed E-state index contributed by atoms with van der Waals surface area (Å²) in [6.45, 7) is 0. The number of hydrogen-bond acceptors (Lipinski definition) is 5. The number of alkyl halides is 3. The summed E-state index contributed by atoms with van der Waals surface area (Å²) in [7, 11) is 1.07. The van der Waals surface area contributed by atoms with Crippen LogP contribution < -0.4 is 9.47 Å². The first-order chi connectivity index (χ1) is 8.24. The highest BCUT2D eigenvalue weighted by atomic mass is 19.4. The van der Waals surface area contributed by atoms with Crippen LogP contribution in [0.5, 0.6) is 17.4 Å². The second-order valence-electron chi connectivity index (χ2n) is 3.09. The third kappa shape index (κ3) is 3.40. The first-order valence-corrected chi connectivity index (χ1v) is 4.47. The van der Waals surface area contributed by atoms with Gasteiger partial charge in [0.25, 0.3) is 5.88 Å². The molecule has 0 aliphatic heterocycles. The molecule has 100 valence electrons. The minimum absolute atomic E-state index is 0.0722. The van der Waals surface area contributed by atoms with Gasteiger partial charge in [0.05, 0.1) is 13.5 Å². The fraction of sp³-hybridized carbons (Fsp3) is 0.333. The quantitative estimate of drug-likeness (QED) is 0.855. The maximum atomic E-state index is 12.0. The number of carboxylic acids is 1. The Morgan fingerprint density at radius 3 is 2.56 bits per heavy atom. The molecule has 0 amide bonds. The number of aromatic hydroxyl groups is 1. The van der Waals surface area contributed by atoms with E-state index in [0.717, 1.165) is 13.3 Å². The molecular formula is C9H8F3NO5. The number of carbonyl (C=O) groups is 1. The van der Waals surface area contributed by atoms with E-state index in [2.05, 4.69) is 14.5 Å². The summed E-state index contributed by atoms with van der Waals surface area (Å²) in [4.78, 5) is 13.7. The Morgan fingerprint density at radius 2 is 2.11 bits per heavy atom. The van der Waals surface area contributed by atoms with Gasteiger partial charge in [0.1, 0.15) is 0 Å². The highest BCUT2D eigenvalue weighted by Gasteiger charge is 2.34. The van der Waals surface area contributed by atoms with Crippen LogP contribution in [0.25, 0.3) is 0 Å². The van der Waals surface area contributed by atoms with Gasteiger partial charge in [0.2, 0.25) is 5.75 Å². The maximum absolute atomic E-state index is 12.0. The van der Waals surface area contributed by atoms with E-state index in [9.17, 15) is 23.1 Å². The van der Waals surface area contributed by atoms with Crippen molar-refractivity contribution in [3.05, 3.63) is 11.8 Å². The van der Waals surface area contributed by atoms with Crippen molar-refractivity contribution in [1.29, 1.82) is 0 Å². The van der Waals surface area contributed by atoms with Crippen LogP contribution >= 0.6 is 0 Å². The third-order valence-corrected chi connectivity index (χ3v) is 1.81. The van der Waals surface area contributed by atoms with Crippen molar-refractivity contribution in [2.75, 3.05) is 7.11 Å². The Labute approximate surface area is 98.6 Å². The normalized spacial score (nSPS) is 11.1. The van der Waals surface area contributed by atoms with Crippen molar-refractivity contribution >= 4 is 5.97 Å². The lowest BCUT2D eigenvalue weighted by atomic mass is 10.2. The lowest BCUT2D eigenvalue weighted by Gasteiger charge is -2.13. The maximum Gasteiger partial charge on any atom is 0.574 e. The number of pyridine rings is 1. The number of nitrogens with zero attached hydrogens (tertiary/aromatic N) is 1. The monoisotopic (exact) mass is 267 g/mol. The highest BCUT2D eigenvalue weighted by Crippen LogP contribution is 2.39. The first kappa shape index (κ1) is 13.9. The first-order valence-electron chi connectivity index (χ1n) is 4.47. The largest absolute Gasteiger partial charge is 0.574 e. The van der Waals surface area contributed by atoms with Crippen LogP contribution in [0.15, 0.2) is 6.20 Å². The molecule has 1 rings (SSSR count). The van der Waals surface area contributed by atoms with Crippen molar-refractivity contribution in [3.63, 3.8) is 0 Å². The zero-order chi connectivity index (χ0) is 13.9. The van der Waals surface area contributed by atoms with Crippen LogP contribution in [0.3, 0.4) is 0 Å². The fourth-order valence-electron chi connectivity index (χ4n) is 1.21. The molecule has 0 aromatic carbocycles. The van der Waals surface area contributed by atoms with Gasteiger partial charge in [-0.2, -0.15) is 0 Å². The SMILES string of the molecule is COc1c(CC(=O)O)cnc(OC(F)(F)F)c1O. The fourth-order valence-corrected chi connectivity index (χ4v) is 1.21. The summed E-state index contributed by atoms with van der Waals surface area (Å²) in [5, 5.41) is 18.0. The highest BCUT2D eigenvalue weighted by molar-refractivity contribution is 5.72. The van der Waals surface area contributed by atoms with E-state index in [1.165, 1.54) is 0 Å². The average molecular weight is 267 g/mol. The van der Waals surface area contributed by atoms with Gasteiger partial charge >= 0.3 is 12.3 Å². The number of aliphatic carboxylic acids is 1. The van der Waals surface area contributed by atoms with Crippen molar-refractivity contribution in [2.24, 2.45) is 0 Å². The topological polar surface area (TPSA) is 88.9 Å². The van der Waals surface area contributed by atoms with E-state index >= 15 is 0 Å². The predicted molar refractivity (Wildman–Crippen MR) is 50.5 cm³/mol. The van der Waals surface area contributed by atoms with Crippen LogP contribution in [0.1, 0.15) is 5.56 Å². The smallest absolute Gasteiger partial charge is 0.501 e. The molecule has 6 nitrogen and oxygen atoms in total. The zero-order valence-corrected chi connectivity index (χ0v) is 8.98. The van der Waals surface area contributed by atoms with E-state index < -0.39 is 36.1 Å². The molecule has 0 fully saturated rings. The number of rotatable bonds is 4. The molecule has 0 aliphatic carbocycles. The Bertz CT molecular complexity index is 460. The number of halogens is 3. The van der Waals surface area contributed by atoms with E-state index in [1.54, 1.807) is 0 Å². The molecule has 0 unspecified atom stereocenters. The predicted octanol–water partition coefficient (Wildman–Crippen LogP) is 1.32. The number of carboxylic acid groups (broad SMARTS) is 1. The Morgan fingerprint density at radius 1 is 1.50 bits per heavy atom. The lowest BCUT2D eigenvalue weighted by molar-refractivity contribution is -0.276. The van der Waals surface area contributed by atoms with Crippen molar-refractivity contribution in [2.45, 2.75) is 12.8 Å². The molecule has 1 aromatic rings. The molecule has 0 radical (unpaired) electrons. The molecule has 18 heavy (non-hydrogen) atoms. The standard InChI is InChI=1S/C9H8F3NO5/c1-17-7-4(2-5(14)15)3-13-8(6(7)16)18-9(10,11)12/h3,16H,2H2,1H3,(H,14,15). The van der Waals surface area contributed by atoms with Gasteiger partial charge in [0.15, 0.2) is 5.75 Å². The third-order valence-electron chi connectivity index (χ3n) is 1.81. The van der Waals surface area contributed by atoms with Gasteiger partial charge < -0.3 is 19.7 Å². The van der Waals surface area contributed by atoms with E-state index in [1.807, 2.05) is 0 Å². The summed E-state index contributed by atoms with van der Waals surface area (Å²) in [5.74, 6) is -3.78. The van der Waals surface area contributed by atoms with Crippen LogP contribution in [-0.4, -0.2) is 34.6 Å². The molecule has 0 bridgehead atoms. The van der Waals surface area contributed by atoms with Crippen molar-refractivity contribution in [3.8, 4) is 17.4 Å². The Kier molecular flexibility index (Phi) is 3.84. The molecule has 2 N–H and O–H groups in total. The zero-order valence-electron chi connectivity index (χ0n) is 8.98. The molecule has 0 atom stereocenters. The van der Waals surface area contributed by atoms with Crippen molar-refractivity contribution < 1.29 is 37.7 Å². The molecule has 1 aromatic heterocycles. The molecule has 0 aliphatic rings. The molecule has 1 heterocycles. The van der Waals surface area contributed by atoms with Crippen molar-refractivity contribution in [1.82, 2.24) is 4.98 Å². The summed E-state index contributed by atoms with van der Waals surface area (Å²) >= 11 is 0. The minimum atomic E-state index is -5.02. The van der Waals surface area contributed by atoms with Crippen LogP contribution in [0, 0.1) is 0 Å². The number of hydrogen-bond donors (Lipinski definition) is 2. The number of aromatic nitrogens is 1. The van der Waals surface area contributed by atoms with Gasteiger partial charge in [-0.3, -0.25) is 4.79 Å². The lowest BCUT2D eigenvalue weighted by Crippen LogP contribution is -2.18. The Hall–Kier alpha value is -2.19.